The van der Waals surface area contributed by atoms with Gasteiger partial charge in [-0.2, -0.15) is 0 Å². The Hall–Kier alpha value is -1.36. The molecule has 0 fully saturated rings. The van der Waals surface area contributed by atoms with Crippen molar-refractivity contribution in [1.82, 2.24) is 5.32 Å². The molecule has 1 heterocycles. The zero-order valence-corrected chi connectivity index (χ0v) is 13.0. The number of benzene rings is 1. The zero-order valence-electron chi connectivity index (χ0n) is 11.4. The molecule has 0 saturated carbocycles. The third kappa shape index (κ3) is 3.28. The Morgan fingerprint density at radius 3 is 3.10 bits per heavy atom. The van der Waals surface area contributed by atoms with Gasteiger partial charge in [-0.25, -0.2) is 4.79 Å². The second-order valence-electron chi connectivity index (χ2n) is 5.26. The van der Waals surface area contributed by atoms with E-state index in [2.05, 4.69) is 11.4 Å². The van der Waals surface area contributed by atoms with Gasteiger partial charge in [0.15, 0.2) is 0 Å². The number of hydrogen-bond acceptors (Lipinski definition) is 3. The summed E-state index contributed by atoms with van der Waals surface area (Å²) in [5, 5.41) is 12.6. The quantitative estimate of drug-likeness (QED) is 0.884. The van der Waals surface area contributed by atoms with E-state index in [1.165, 1.54) is 10.4 Å². The Balaban J connectivity index is 1.71. The normalized spacial score (nSPS) is 17.5. The monoisotopic (exact) mass is 321 g/mol. The van der Waals surface area contributed by atoms with E-state index < -0.39 is 5.97 Å². The molecule has 5 heteroatoms. The fourth-order valence-electron chi connectivity index (χ4n) is 2.79. The van der Waals surface area contributed by atoms with Gasteiger partial charge < -0.3 is 10.4 Å². The number of rotatable bonds is 4. The summed E-state index contributed by atoms with van der Waals surface area (Å²) in [6.45, 7) is 0.665. The molecule has 1 unspecified atom stereocenters. The van der Waals surface area contributed by atoms with Gasteiger partial charge in [-0.1, -0.05) is 23.7 Å². The number of carboxylic acid groups (broad SMARTS) is 1. The fraction of sp³-hybridized carbons (Fsp3) is 0.312. The first kappa shape index (κ1) is 14.6. The first-order valence-electron chi connectivity index (χ1n) is 6.97. The van der Waals surface area contributed by atoms with Gasteiger partial charge in [0, 0.05) is 17.5 Å². The third-order valence-corrected chi connectivity index (χ3v) is 5.15. The Morgan fingerprint density at radius 2 is 2.29 bits per heavy atom. The van der Waals surface area contributed by atoms with Crippen LogP contribution in [-0.4, -0.2) is 11.1 Å². The molecule has 3 rings (SSSR count). The minimum absolute atomic E-state index is 0.311. The number of carboxylic acids is 1. The zero-order chi connectivity index (χ0) is 14.8. The maximum absolute atomic E-state index is 11.0. The van der Waals surface area contributed by atoms with Crippen molar-refractivity contribution in [2.24, 2.45) is 0 Å². The van der Waals surface area contributed by atoms with Gasteiger partial charge in [-0.3, -0.25) is 0 Å². The largest absolute Gasteiger partial charge is 0.478 e. The van der Waals surface area contributed by atoms with Crippen molar-refractivity contribution in [1.29, 1.82) is 0 Å². The van der Waals surface area contributed by atoms with E-state index in [1.807, 2.05) is 6.07 Å². The molecular weight excluding hydrogens is 306 g/mol. The fourth-order valence-corrected chi connectivity index (χ4v) is 4.17. The average Bonchev–Trinajstić information content (AvgIpc) is 2.86. The second-order valence-corrected chi connectivity index (χ2v) is 7.03. The van der Waals surface area contributed by atoms with Crippen LogP contribution in [0.2, 0.25) is 4.34 Å². The molecule has 21 heavy (non-hydrogen) atoms. The highest BCUT2D eigenvalue weighted by molar-refractivity contribution is 7.16. The van der Waals surface area contributed by atoms with Crippen LogP contribution in [0.15, 0.2) is 30.3 Å². The SMILES string of the molecule is O=C(O)c1cccc(CNC2CCCc3sc(Cl)cc32)c1. The van der Waals surface area contributed by atoms with Crippen LogP contribution in [0.4, 0.5) is 0 Å². The van der Waals surface area contributed by atoms with Crippen molar-refractivity contribution in [3.8, 4) is 0 Å². The summed E-state index contributed by atoms with van der Waals surface area (Å²) in [6, 6.07) is 9.44. The van der Waals surface area contributed by atoms with Crippen LogP contribution >= 0.6 is 22.9 Å². The maximum Gasteiger partial charge on any atom is 0.335 e. The summed E-state index contributed by atoms with van der Waals surface area (Å²) in [6.07, 6.45) is 3.37. The van der Waals surface area contributed by atoms with Gasteiger partial charge in [0.05, 0.1) is 9.90 Å². The van der Waals surface area contributed by atoms with Gasteiger partial charge >= 0.3 is 5.97 Å². The van der Waals surface area contributed by atoms with E-state index in [0.717, 1.165) is 29.2 Å². The molecule has 2 aromatic rings. The highest BCUT2D eigenvalue weighted by atomic mass is 35.5. The molecule has 0 saturated heterocycles. The minimum atomic E-state index is -0.888. The van der Waals surface area contributed by atoms with Crippen LogP contribution in [0.5, 0.6) is 0 Å². The standard InChI is InChI=1S/C16H16ClNO2S/c17-15-8-12-13(5-2-6-14(12)21-15)18-9-10-3-1-4-11(7-10)16(19)20/h1,3-4,7-8,13,18H,2,5-6,9H2,(H,19,20). The summed E-state index contributed by atoms with van der Waals surface area (Å²) in [7, 11) is 0. The number of carbonyl (C=O) groups is 1. The lowest BCUT2D eigenvalue weighted by Gasteiger charge is -2.23. The van der Waals surface area contributed by atoms with Crippen LogP contribution in [0.3, 0.4) is 0 Å². The van der Waals surface area contributed by atoms with Crippen molar-refractivity contribution >= 4 is 28.9 Å². The topological polar surface area (TPSA) is 49.3 Å². The molecule has 0 aliphatic heterocycles. The van der Waals surface area contributed by atoms with Crippen LogP contribution in [0.25, 0.3) is 0 Å². The number of halogens is 1. The molecule has 1 aromatic heterocycles. The molecule has 0 amide bonds. The second kappa shape index (κ2) is 6.18. The summed E-state index contributed by atoms with van der Waals surface area (Å²) in [5.74, 6) is -0.888. The summed E-state index contributed by atoms with van der Waals surface area (Å²) in [5.41, 5.74) is 2.63. The number of fused-ring (bicyclic) bond motifs is 1. The van der Waals surface area contributed by atoms with Crippen LogP contribution in [0.1, 0.15) is 45.2 Å². The van der Waals surface area contributed by atoms with E-state index in [-0.39, 0.29) is 0 Å². The summed E-state index contributed by atoms with van der Waals surface area (Å²) in [4.78, 5) is 12.4. The number of hydrogen-bond donors (Lipinski definition) is 2. The third-order valence-electron chi connectivity index (χ3n) is 3.81. The molecule has 1 aromatic carbocycles. The first-order valence-corrected chi connectivity index (χ1v) is 8.16. The summed E-state index contributed by atoms with van der Waals surface area (Å²) >= 11 is 7.78. The molecule has 0 radical (unpaired) electrons. The predicted molar refractivity (Wildman–Crippen MR) is 85.2 cm³/mol. The minimum Gasteiger partial charge on any atom is -0.478 e. The van der Waals surface area contributed by atoms with Crippen molar-refractivity contribution in [2.75, 3.05) is 0 Å². The number of aryl methyl sites for hydroxylation is 1. The molecule has 2 N–H and O–H groups in total. The van der Waals surface area contributed by atoms with E-state index in [1.54, 1.807) is 29.5 Å². The maximum atomic E-state index is 11.0. The van der Waals surface area contributed by atoms with Gasteiger partial charge in [0.2, 0.25) is 0 Å². The van der Waals surface area contributed by atoms with Gasteiger partial charge in [0.1, 0.15) is 0 Å². The molecule has 3 nitrogen and oxygen atoms in total. The molecule has 1 aliphatic rings. The van der Waals surface area contributed by atoms with Crippen LogP contribution in [-0.2, 0) is 13.0 Å². The van der Waals surface area contributed by atoms with Crippen LogP contribution in [0, 0.1) is 0 Å². The average molecular weight is 322 g/mol. The summed E-state index contributed by atoms with van der Waals surface area (Å²) < 4.78 is 0.849. The van der Waals surface area contributed by atoms with Crippen molar-refractivity contribution < 1.29 is 9.90 Å². The van der Waals surface area contributed by atoms with Crippen molar-refractivity contribution in [3.63, 3.8) is 0 Å². The van der Waals surface area contributed by atoms with Gasteiger partial charge in [0.25, 0.3) is 0 Å². The van der Waals surface area contributed by atoms with E-state index in [9.17, 15) is 4.79 Å². The number of thiophene rings is 1. The molecule has 1 atom stereocenters. The van der Waals surface area contributed by atoms with E-state index >= 15 is 0 Å². The lowest BCUT2D eigenvalue weighted by atomic mass is 9.94. The molecule has 110 valence electrons. The van der Waals surface area contributed by atoms with Gasteiger partial charge in [-0.15, -0.1) is 11.3 Å². The molecular formula is C16H16ClNO2S. The Morgan fingerprint density at radius 1 is 1.43 bits per heavy atom. The Labute approximate surface area is 132 Å². The molecule has 0 spiro atoms. The first-order chi connectivity index (χ1) is 10.1. The predicted octanol–water partition coefficient (Wildman–Crippen LogP) is 4.27. The smallest absolute Gasteiger partial charge is 0.335 e. The highest BCUT2D eigenvalue weighted by Crippen LogP contribution is 2.37. The Bertz CT molecular complexity index is 668. The van der Waals surface area contributed by atoms with E-state index in [0.29, 0.717) is 18.2 Å². The Kier molecular flexibility index (Phi) is 4.29. The molecule has 1 aliphatic carbocycles. The van der Waals surface area contributed by atoms with Gasteiger partial charge in [-0.05, 0) is 48.6 Å². The lowest BCUT2D eigenvalue weighted by Crippen LogP contribution is -2.23. The van der Waals surface area contributed by atoms with E-state index in [4.69, 9.17) is 16.7 Å². The number of nitrogens with one attached hydrogen (secondary N) is 1. The van der Waals surface area contributed by atoms with Crippen molar-refractivity contribution in [3.05, 3.63) is 56.2 Å². The lowest BCUT2D eigenvalue weighted by molar-refractivity contribution is 0.0696. The molecule has 0 bridgehead atoms. The van der Waals surface area contributed by atoms with Crippen molar-refractivity contribution in [2.45, 2.75) is 31.8 Å². The highest BCUT2D eigenvalue weighted by Gasteiger charge is 2.22. The number of aromatic carboxylic acids is 1. The van der Waals surface area contributed by atoms with Crippen LogP contribution < -0.4 is 5.32 Å².